The lowest BCUT2D eigenvalue weighted by Gasteiger charge is -2.27. The predicted octanol–water partition coefficient (Wildman–Crippen LogP) is 9.97. The van der Waals surface area contributed by atoms with Gasteiger partial charge in [-0.2, -0.15) is 0 Å². The highest BCUT2D eigenvalue weighted by atomic mass is 33.1. The van der Waals surface area contributed by atoms with Crippen LogP contribution >= 0.6 is 21.6 Å². The molecule has 5 aromatic rings. The minimum absolute atomic E-state index is 0.0345. The molecule has 0 aliphatic carbocycles. The highest BCUT2D eigenvalue weighted by molar-refractivity contribution is 8.77. The predicted molar refractivity (Wildman–Crippen MR) is 321 cm³/mol. The van der Waals surface area contributed by atoms with Gasteiger partial charge in [0, 0.05) is 85.4 Å². The van der Waals surface area contributed by atoms with Crippen LogP contribution in [0.1, 0.15) is 88.9 Å². The Morgan fingerprint density at radius 1 is 0.759 bits per heavy atom. The summed E-state index contributed by atoms with van der Waals surface area (Å²) >= 11 is 0. The topological polar surface area (TPSA) is 189 Å². The molecule has 5 heterocycles. The molecule has 2 atom stereocenters. The number of benzene rings is 5. The fraction of sp³-hybridized carbons (Fsp3) is 0.435. The number of anilines is 4. The zero-order chi connectivity index (χ0) is 57.9. The highest BCUT2D eigenvalue weighted by Crippen LogP contribution is 2.44. The number of carbonyl (C=O) groups is 4. The van der Waals surface area contributed by atoms with E-state index in [-0.39, 0.29) is 79.7 Å². The molecule has 0 radical (unpaired) electrons. The number of nitrogens with zero attached hydrogens (tertiary/aromatic N) is 5. The van der Waals surface area contributed by atoms with Crippen molar-refractivity contribution in [1.82, 2.24) is 5.23 Å². The Morgan fingerprint density at radius 3 is 2.13 bits per heavy atom. The number of hydrogen-bond donors (Lipinski definition) is 1. The van der Waals surface area contributed by atoms with E-state index in [4.69, 9.17) is 47.8 Å². The summed E-state index contributed by atoms with van der Waals surface area (Å²) in [5, 5.41) is 4.78. The molecule has 21 heteroatoms. The maximum Gasteiger partial charge on any atom is 0.328 e. The van der Waals surface area contributed by atoms with E-state index >= 15 is 0 Å². The number of rotatable bonds is 28. The van der Waals surface area contributed by atoms with Gasteiger partial charge in [-0.25, -0.2) is 0 Å². The molecule has 1 N–H and O–H groups in total. The maximum absolute atomic E-state index is 14.8. The quantitative estimate of drug-likeness (QED) is 0.0368. The van der Waals surface area contributed by atoms with Crippen LogP contribution in [0.2, 0.25) is 0 Å². The van der Waals surface area contributed by atoms with Crippen LogP contribution in [0.4, 0.5) is 28.4 Å². The molecule has 10 rings (SSSR count). The molecule has 440 valence electrons. The molecule has 1 fully saturated rings. The van der Waals surface area contributed by atoms with E-state index in [9.17, 15) is 19.2 Å². The van der Waals surface area contributed by atoms with E-state index in [1.807, 2.05) is 77.8 Å². The minimum Gasteiger partial charge on any atom is -0.493 e. The van der Waals surface area contributed by atoms with Gasteiger partial charge in [0.25, 0.3) is 11.8 Å². The van der Waals surface area contributed by atoms with Crippen LogP contribution in [0.15, 0.2) is 96.0 Å². The molecule has 1 saturated heterocycles. The molecule has 0 bridgehead atoms. The molecular formula is C62H72N6O13S2. The normalized spacial score (nSPS) is 16.9. The molecule has 5 aliphatic rings. The Bertz CT molecular complexity index is 3170. The molecular weight excluding hydrogens is 1100 g/mol. The Labute approximate surface area is 492 Å². The minimum atomic E-state index is -0.320. The fourth-order valence-electron chi connectivity index (χ4n) is 10.7. The highest BCUT2D eigenvalue weighted by Gasteiger charge is 2.39. The number of para-hydroxylation sites is 2. The number of hydroxylamine groups is 2. The van der Waals surface area contributed by atoms with Crippen molar-refractivity contribution in [2.45, 2.75) is 88.8 Å². The van der Waals surface area contributed by atoms with E-state index in [0.29, 0.717) is 122 Å². The number of aliphatic imine (C=N–C) groups is 1. The van der Waals surface area contributed by atoms with Gasteiger partial charge in [-0.1, -0.05) is 58.0 Å². The summed E-state index contributed by atoms with van der Waals surface area (Å²) in [6.07, 6.45) is 5.76. The van der Waals surface area contributed by atoms with Gasteiger partial charge in [-0.05, 0) is 109 Å². The summed E-state index contributed by atoms with van der Waals surface area (Å²) in [4.78, 5) is 76.5. The van der Waals surface area contributed by atoms with Gasteiger partial charge in [0.15, 0.2) is 23.0 Å². The number of carbonyl (C=O) groups excluding carboxylic acids is 4. The van der Waals surface area contributed by atoms with Gasteiger partial charge in [0.05, 0.1) is 95.0 Å². The van der Waals surface area contributed by atoms with Crippen molar-refractivity contribution in [1.29, 1.82) is 0 Å². The van der Waals surface area contributed by atoms with Crippen molar-refractivity contribution in [3.8, 4) is 23.0 Å². The van der Waals surface area contributed by atoms with E-state index in [0.717, 1.165) is 46.7 Å². The van der Waals surface area contributed by atoms with E-state index in [1.165, 1.54) is 12.3 Å². The van der Waals surface area contributed by atoms with Gasteiger partial charge in [0.2, 0.25) is 5.91 Å². The molecule has 19 nitrogen and oxygen atoms in total. The molecule has 3 amide bonds. The lowest BCUT2D eigenvalue weighted by atomic mass is 10.1. The molecule has 1 unspecified atom stereocenters. The number of amides is 3. The Morgan fingerprint density at radius 2 is 1.42 bits per heavy atom. The van der Waals surface area contributed by atoms with Crippen molar-refractivity contribution in [2.75, 3.05) is 106 Å². The number of fused-ring (bicyclic) bond motifs is 8. The molecule has 0 saturated carbocycles. The van der Waals surface area contributed by atoms with Crippen molar-refractivity contribution in [3.63, 3.8) is 0 Å². The first-order valence-corrected chi connectivity index (χ1v) is 30.5. The smallest absolute Gasteiger partial charge is 0.328 e. The van der Waals surface area contributed by atoms with E-state index in [2.05, 4.69) is 25.2 Å². The zero-order valence-electron chi connectivity index (χ0n) is 47.7. The second kappa shape index (κ2) is 27.7. The van der Waals surface area contributed by atoms with Crippen molar-refractivity contribution in [3.05, 3.63) is 124 Å². The Balaban J connectivity index is 0.901. The maximum atomic E-state index is 14.8. The average Bonchev–Trinajstić information content (AvgIpc) is 3.25. The third-order valence-electron chi connectivity index (χ3n) is 14.9. The van der Waals surface area contributed by atoms with Gasteiger partial charge < -0.3 is 53.1 Å². The number of hydrogen-bond acceptors (Lipinski definition) is 18. The average molecular weight is 1170 g/mol. The second-order valence-electron chi connectivity index (χ2n) is 21.3. The molecule has 5 aromatic carbocycles. The van der Waals surface area contributed by atoms with Crippen molar-refractivity contribution < 1.29 is 62.0 Å². The first-order valence-electron chi connectivity index (χ1n) is 28.2. The summed E-state index contributed by atoms with van der Waals surface area (Å²) in [5.74, 6) is 1.56. The van der Waals surface area contributed by atoms with Crippen LogP contribution in [0.3, 0.4) is 0 Å². The SMILES string of the molecule is COCCOCCOCCN(C(=O)CCC(C)(C)SSCCCC(=O)ON1CCCO1)c1cc(COc2cc3c(cc2OC)C(=O)N2c4ccccc4C[C@H]2C=N3)cc(COc2cc3c(cc2OC)C(=O)N2c4ccccc4CC2CN3)c1. The molecule has 0 aromatic heterocycles. The zero-order valence-corrected chi connectivity index (χ0v) is 49.3. The van der Waals surface area contributed by atoms with Gasteiger partial charge in [-0.15, -0.1) is 0 Å². The first-order chi connectivity index (χ1) is 40.4. The number of ether oxygens (including phenoxy) is 7. The van der Waals surface area contributed by atoms with E-state index in [1.54, 1.807) is 63.8 Å². The van der Waals surface area contributed by atoms with Crippen LogP contribution in [0.25, 0.3) is 0 Å². The largest absolute Gasteiger partial charge is 0.493 e. The summed E-state index contributed by atoms with van der Waals surface area (Å²) < 4.78 is 41.6. The Hall–Kier alpha value is -6.85. The van der Waals surface area contributed by atoms with Gasteiger partial charge in [0.1, 0.15) is 13.2 Å². The summed E-state index contributed by atoms with van der Waals surface area (Å²) in [6, 6.07) is 28.4. The molecule has 5 aliphatic heterocycles. The van der Waals surface area contributed by atoms with Crippen LogP contribution in [-0.2, 0) is 59.5 Å². The fourth-order valence-corrected chi connectivity index (χ4v) is 13.4. The molecule has 83 heavy (non-hydrogen) atoms. The van der Waals surface area contributed by atoms with E-state index < -0.39 is 0 Å². The van der Waals surface area contributed by atoms with Crippen molar-refractivity contribution in [2.24, 2.45) is 4.99 Å². The third-order valence-corrected chi connectivity index (χ3v) is 18.4. The summed E-state index contributed by atoms with van der Waals surface area (Å²) in [7, 11) is 8.07. The van der Waals surface area contributed by atoms with Crippen LogP contribution in [-0.4, -0.2) is 138 Å². The van der Waals surface area contributed by atoms with Crippen LogP contribution in [0.5, 0.6) is 23.0 Å². The lowest BCUT2D eigenvalue weighted by molar-refractivity contribution is -0.318. The van der Waals surface area contributed by atoms with Crippen LogP contribution in [0, 0.1) is 0 Å². The summed E-state index contributed by atoms with van der Waals surface area (Å²) in [6.45, 7) is 8.03. The Kier molecular flexibility index (Phi) is 19.8. The third kappa shape index (κ3) is 14.4. The van der Waals surface area contributed by atoms with Gasteiger partial charge in [-0.3, -0.25) is 33.9 Å². The molecule has 0 spiro atoms. The van der Waals surface area contributed by atoms with Crippen LogP contribution < -0.4 is 39.0 Å². The van der Waals surface area contributed by atoms with Gasteiger partial charge >= 0.3 is 5.97 Å². The summed E-state index contributed by atoms with van der Waals surface area (Å²) in [5.41, 5.74) is 8.02. The van der Waals surface area contributed by atoms with Crippen molar-refractivity contribution >= 4 is 79.9 Å². The second-order valence-corrected chi connectivity index (χ2v) is 24.4. The standard InChI is InChI=1S/C62H72N6O13S2/c1-62(2,83-82-27-10-16-59(70)81-66-19-11-21-80-66)18-17-58(69)65(20-22-76-25-26-77-24-23-73-3)45-29-41(39-78-56-35-50-48(33-54(56)74-4)60(71)67-46(37-63-50)31-43-12-6-8-14-52(43)67)28-42(30-45)40-79-57-36-51-49(34-55(57)75-5)61(72)68-47(38-64-51)32-44-13-7-9-15-53(44)68/h6-9,12-15,28-30,33-37,46-47,64H,10-11,16-27,31-32,38-40H2,1-5H3/t46-,47?/m0/s1. The number of methoxy groups -OCH3 is 3. The number of nitrogens with one attached hydrogen (secondary N) is 1. The first kappa shape index (κ1) is 59.3. The lowest BCUT2D eigenvalue weighted by Crippen LogP contribution is -2.39. The monoisotopic (exact) mass is 1170 g/mol.